The molecule has 2 N–H and O–H groups in total. The molecule has 2 aromatic rings. The van der Waals surface area contributed by atoms with Crippen LogP contribution in [0.25, 0.3) is 0 Å². The van der Waals surface area contributed by atoms with Gasteiger partial charge in [-0.2, -0.15) is 0 Å². The van der Waals surface area contributed by atoms with Gasteiger partial charge in [0.2, 0.25) is 0 Å². The number of anilines is 1. The van der Waals surface area contributed by atoms with E-state index in [9.17, 15) is 24.0 Å². The lowest BCUT2D eigenvalue weighted by Gasteiger charge is -2.25. The van der Waals surface area contributed by atoms with E-state index >= 15 is 0 Å². The average molecular weight is 451 g/mol. The van der Waals surface area contributed by atoms with Crippen molar-refractivity contribution >= 4 is 35.3 Å². The highest BCUT2D eigenvalue weighted by atomic mass is 16.5. The first-order valence-electron chi connectivity index (χ1n) is 10.5. The molecule has 172 valence electrons. The van der Waals surface area contributed by atoms with Crippen molar-refractivity contribution in [3.05, 3.63) is 65.7 Å². The summed E-state index contributed by atoms with van der Waals surface area (Å²) in [6.45, 7) is 3.91. The summed E-state index contributed by atoms with van der Waals surface area (Å²) in [4.78, 5) is 62.7. The van der Waals surface area contributed by atoms with Gasteiger partial charge in [0, 0.05) is 11.3 Å². The summed E-state index contributed by atoms with van der Waals surface area (Å²) >= 11 is 0. The molecule has 3 rings (SSSR count). The SMILES string of the molecule is CCC1(c2ccccc2)NC(=O)N(CC(=O)OC(C)C(=O)Nc2cccc(C(C)=O)c2)C1=O. The van der Waals surface area contributed by atoms with Gasteiger partial charge in [-0.15, -0.1) is 0 Å². The molecule has 0 bridgehead atoms. The first-order chi connectivity index (χ1) is 15.7. The molecule has 1 saturated heterocycles. The number of nitrogens with zero attached hydrogens (tertiary/aromatic N) is 1. The maximum Gasteiger partial charge on any atom is 0.327 e. The number of ketones is 1. The van der Waals surface area contributed by atoms with E-state index in [0.717, 1.165) is 4.90 Å². The van der Waals surface area contributed by atoms with Gasteiger partial charge >= 0.3 is 12.0 Å². The van der Waals surface area contributed by atoms with Crippen LogP contribution in [0.5, 0.6) is 0 Å². The van der Waals surface area contributed by atoms with Crippen LogP contribution in [0.15, 0.2) is 54.6 Å². The lowest BCUT2D eigenvalue weighted by Crippen LogP contribution is -2.44. The number of urea groups is 1. The fourth-order valence-corrected chi connectivity index (χ4v) is 3.61. The van der Waals surface area contributed by atoms with Crippen LogP contribution in [0, 0.1) is 0 Å². The Morgan fingerprint density at radius 2 is 1.79 bits per heavy atom. The Bertz CT molecular complexity index is 1100. The van der Waals surface area contributed by atoms with Gasteiger partial charge in [-0.05, 0) is 38.0 Å². The highest BCUT2D eigenvalue weighted by Crippen LogP contribution is 2.32. The fourth-order valence-electron chi connectivity index (χ4n) is 3.61. The Morgan fingerprint density at radius 1 is 1.09 bits per heavy atom. The standard InChI is InChI=1S/C24H25N3O6/c1-4-24(18-10-6-5-7-11-18)22(31)27(23(32)26-24)14-20(29)33-16(3)21(30)25-19-12-8-9-17(13-19)15(2)28/h5-13,16H,4,14H2,1-3H3,(H,25,30)(H,26,32). The zero-order valence-electron chi connectivity index (χ0n) is 18.6. The van der Waals surface area contributed by atoms with Gasteiger partial charge in [0.25, 0.3) is 11.8 Å². The number of hydrogen-bond acceptors (Lipinski definition) is 6. The summed E-state index contributed by atoms with van der Waals surface area (Å²) in [7, 11) is 0. The number of hydrogen-bond donors (Lipinski definition) is 2. The average Bonchev–Trinajstić information content (AvgIpc) is 3.04. The molecule has 1 fully saturated rings. The number of Topliss-reactive ketones (excluding diaryl/α,β-unsaturated/α-hetero) is 1. The van der Waals surface area contributed by atoms with E-state index in [1.807, 2.05) is 0 Å². The van der Waals surface area contributed by atoms with Crippen molar-refractivity contribution < 1.29 is 28.7 Å². The Balaban J connectivity index is 1.63. The molecule has 9 nitrogen and oxygen atoms in total. The lowest BCUT2D eigenvalue weighted by molar-refractivity contribution is -0.155. The van der Waals surface area contributed by atoms with Crippen molar-refractivity contribution in [1.29, 1.82) is 0 Å². The van der Waals surface area contributed by atoms with Crippen LogP contribution in [-0.4, -0.2) is 47.1 Å². The molecule has 4 amide bonds. The second-order valence-electron chi connectivity index (χ2n) is 7.70. The van der Waals surface area contributed by atoms with Gasteiger partial charge in [0.05, 0.1) is 0 Å². The summed E-state index contributed by atoms with van der Waals surface area (Å²) in [5.74, 6) is -2.24. The van der Waals surface area contributed by atoms with Crippen molar-refractivity contribution in [1.82, 2.24) is 10.2 Å². The minimum absolute atomic E-state index is 0.155. The van der Waals surface area contributed by atoms with E-state index in [-0.39, 0.29) is 5.78 Å². The minimum Gasteiger partial charge on any atom is -0.451 e. The van der Waals surface area contributed by atoms with Crippen molar-refractivity contribution in [3.63, 3.8) is 0 Å². The Morgan fingerprint density at radius 3 is 2.42 bits per heavy atom. The van der Waals surface area contributed by atoms with Gasteiger partial charge in [0.1, 0.15) is 12.1 Å². The molecule has 1 aliphatic heterocycles. The number of esters is 1. The zero-order valence-corrected chi connectivity index (χ0v) is 18.6. The first kappa shape index (κ1) is 23.6. The van der Waals surface area contributed by atoms with E-state index in [0.29, 0.717) is 23.2 Å². The number of carbonyl (C=O) groups excluding carboxylic acids is 5. The predicted molar refractivity (Wildman–Crippen MR) is 119 cm³/mol. The molecular weight excluding hydrogens is 426 g/mol. The van der Waals surface area contributed by atoms with E-state index in [2.05, 4.69) is 10.6 Å². The third-order valence-corrected chi connectivity index (χ3v) is 5.47. The number of benzene rings is 2. The third-order valence-electron chi connectivity index (χ3n) is 5.47. The second kappa shape index (κ2) is 9.64. The Hall–Kier alpha value is -4.01. The van der Waals surface area contributed by atoms with Crippen molar-refractivity contribution in [3.8, 4) is 0 Å². The number of rotatable bonds is 8. The van der Waals surface area contributed by atoms with E-state index in [1.54, 1.807) is 55.5 Å². The topological polar surface area (TPSA) is 122 Å². The maximum absolute atomic E-state index is 13.1. The molecule has 0 aromatic heterocycles. The number of nitrogens with one attached hydrogen (secondary N) is 2. The predicted octanol–water partition coefficient (Wildman–Crippen LogP) is 2.62. The fraction of sp³-hybridized carbons (Fsp3) is 0.292. The molecule has 33 heavy (non-hydrogen) atoms. The number of imide groups is 1. The largest absolute Gasteiger partial charge is 0.451 e. The Kier molecular flexibility index (Phi) is 6.91. The monoisotopic (exact) mass is 451 g/mol. The molecule has 1 aliphatic rings. The summed E-state index contributed by atoms with van der Waals surface area (Å²) in [5.41, 5.74) is 0.153. The minimum atomic E-state index is -1.26. The van der Waals surface area contributed by atoms with Gasteiger partial charge < -0.3 is 15.4 Å². The normalized spacial score (nSPS) is 18.5. The van der Waals surface area contributed by atoms with E-state index < -0.39 is 42.0 Å². The number of carbonyl (C=O) groups is 5. The van der Waals surface area contributed by atoms with Crippen LogP contribution in [0.4, 0.5) is 10.5 Å². The lowest BCUT2D eigenvalue weighted by atomic mass is 9.87. The number of ether oxygens (including phenoxy) is 1. The molecule has 2 atom stereocenters. The van der Waals surface area contributed by atoms with Crippen LogP contribution in [0.3, 0.4) is 0 Å². The molecule has 0 aliphatic carbocycles. The van der Waals surface area contributed by atoms with Gasteiger partial charge in [-0.3, -0.25) is 24.1 Å². The molecule has 1 heterocycles. The van der Waals surface area contributed by atoms with E-state index in [1.165, 1.54) is 19.9 Å². The Labute approximate surface area is 191 Å². The highest BCUT2D eigenvalue weighted by Gasteiger charge is 2.51. The van der Waals surface area contributed by atoms with Crippen molar-refractivity contribution in [2.45, 2.75) is 38.8 Å². The van der Waals surface area contributed by atoms with Crippen LogP contribution >= 0.6 is 0 Å². The second-order valence-corrected chi connectivity index (χ2v) is 7.70. The van der Waals surface area contributed by atoms with E-state index in [4.69, 9.17) is 4.74 Å². The molecule has 2 aromatic carbocycles. The maximum atomic E-state index is 13.1. The van der Waals surface area contributed by atoms with Gasteiger partial charge in [0.15, 0.2) is 11.9 Å². The van der Waals surface area contributed by atoms with Crippen LogP contribution in [-0.2, 0) is 24.7 Å². The molecule has 0 saturated carbocycles. The summed E-state index contributed by atoms with van der Waals surface area (Å²) < 4.78 is 5.14. The molecule has 0 radical (unpaired) electrons. The third kappa shape index (κ3) is 4.92. The van der Waals surface area contributed by atoms with Gasteiger partial charge in [-0.1, -0.05) is 49.4 Å². The summed E-state index contributed by atoms with van der Waals surface area (Å²) in [6, 6.07) is 14.4. The smallest absolute Gasteiger partial charge is 0.327 e. The molecule has 2 unspecified atom stereocenters. The first-order valence-corrected chi connectivity index (χ1v) is 10.5. The molecular formula is C24H25N3O6. The van der Waals surface area contributed by atoms with Crippen molar-refractivity contribution in [2.75, 3.05) is 11.9 Å². The van der Waals surface area contributed by atoms with Crippen LogP contribution in [0.1, 0.15) is 43.1 Å². The number of amides is 4. The molecule has 0 spiro atoms. The summed E-state index contributed by atoms with van der Waals surface area (Å²) in [5, 5.41) is 5.25. The highest BCUT2D eigenvalue weighted by molar-refractivity contribution is 6.09. The van der Waals surface area contributed by atoms with Crippen molar-refractivity contribution in [2.24, 2.45) is 0 Å². The quantitative estimate of drug-likeness (QED) is 0.361. The van der Waals surface area contributed by atoms with Crippen LogP contribution < -0.4 is 10.6 Å². The zero-order chi connectivity index (χ0) is 24.2. The molecule has 9 heteroatoms. The summed E-state index contributed by atoms with van der Waals surface area (Å²) in [6.07, 6.45) is -0.894. The van der Waals surface area contributed by atoms with Gasteiger partial charge in [-0.25, -0.2) is 4.79 Å². The van der Waals surface area contributed by atoms with Crippen LogP contribution in [0.2, 0.25) is 0 Å².